The van der Waals surface area contributed by atoms with E-state index in [9.17, 15) is 41.9 Å². The molecule has 11 nitrogen and oxygen atoms in total. The third-order valence-corrected chi connectivity index (χ3v) is 5.08. The molecule has 0 aliphatic carbocycles. The summed E-state index contributed by atoms with van der Waals surface area (Å²) in [4.78, 5) is 72.9. The minimum Gasteiger partial charge on any atom is -0.370 e. The van der Waals surface area contributed by atoms with Gasteiger partial charge in [-0.1, -0.05) is 41.0 Å². The van der Waals surface area contributed by atoms with Gasteiger partial charge in [0.05, 0.1) is 12.5 Å². The number of amides is 5. The van der Waals surface area contributed by atoms with Gasteiger partial charge in [0.2, 0.25) is 29.5 Å². The molecular weight excluding hydrogens is 487 g/mol. The van der Waals surface area contributed by atoms with E-state index in [1.54, 1.807) is 27.7 Å². The van der Waals surface area contributed by atoms with E-state index in [-0.39, 0.29) is 18.8 Å². The van der Waals surface area contributed by atoms with Gasteiger partial charge in [-0.25, -0.2) is 0 Å². The molecule has 0 spiro atoms. The lowest BCUT2D eigenvalue weighted by molar-refractivity contribution is -0.174. The van der Waals surface area contributed by atoms with E-state index in [0.717, 1.165) is 0 Å². The van der Waals surface area contributed by atoms with E-state index in [1.165, 1.54) is 13.8 Å². The van der Waals surface area contributed by atoms with Crippen molar-refractivity contribution in [1.82, 2.24) is 21.3 Å². The summed E-state index contributed by atoms with van der Waals surface area (Å²) < 4.78 is 38.7. The highest BCUT2D eigenvalue weighted by atomic mass is 19.4. The molecule has 0 aromatic heterocycles. The molecule has 4 atom stereocenters. The molecule has 36 heavy (non-hydrogen) atoms. The van der Waals surface area contributed by atoms with Crippen LogP contribution in [0.25, 0.3) is 0 Å². The summed E-state index contributed by atoms with van der Waals surface area (Å²) >= 11 is 0. The van der Waals surface area contributed by atoms with Gasteiger partial charge in [0.1, 0.15) is 18.1 Å². The maximum absolute atomic E-state index is 12.9. The maximum Gasteiger partial charge on any atom is 0.452 e. The van der Waals surface area contributed by atoms with Crippen LogP contribution in [0.1, 0.15) is 60.8 Å². The van der Waals surface area contributed by atoms with E-state index in [0.29, 0.717) is 0 Å². The summed E-state index contributed by atoms with van der Waals surface area (Å²) in [6, 6.07) is -5.83. The molecule has 0 saturated heterocycles. The van der Waals surface area contributed by atoms with Crippen molar-refractivity contribution < 1.29 is 41.9 Å². The summed E-state index contributed by atoms with van der Waals surface area (Å²) in [5.74, 6) is -7.36. The van der Waals surface area contributed by atoms with Crippen molar-refractivity contribution in [3.05, 3.63) is 0 Å². The van der Waals surface area contributed by atoms with Gasteiger partial charge in [-0.15, -0.1) is 0 Å². The molecule has 0 saturated carbocycles. The highest BCUT2D eigenvalue weighted by molar-refractivity contribution is 5.98. The number of carbonyl (C=O) groups is 6. The first-order valence-electron chi connectivity index (χ1n) is 11.5. The summed E-state index contributed by atoms with van der Waals surface area (Å²) in [6.45, 7) is 9.23. The number of primary amides is 1. The van der Waals surface area contributed by atoms with Crippen molar-refractivity contribution in [2.75, 3.05) is 0 Å². The summed E-state index contributed by atoms with van der Waals surface area (Å²) in [6.07, 6.45) is -6.17. The second kappa shape index (κ2) is 14.4. The van der Waals surface area contributed by atoms with Crippen molar-refractivity contribution in [3.63, 3.8) is 0 Å². The molecule has 0 aromatic rings. The summed E-state index contributed by atoms with van der Waals surface area (Å²) in [7, 11) is 0. The largest absolute Gasteiger partial charge is 0.452 e. The lowest BCUT2D eigenvalue weighted by Crippen LogP contribution is -2.60. The predicted octanol–water partition coefficient (Wildman–Crippen LogP) is 0.0644. The van der Waals surface area contributed by atoms with Gasteiger partial charge in [0.15, 0.2) is 0 Å². The second-order valence-electron chi connectivity index (χ2n) is 9.10. The fourth-order valence-corrected chi connectivity index (χ4v) is 3.23. The maximum atomic E-state index is 12.9. The molecule has 0 heterocycles. The van der Waals surface area contributed by atoms with Crippen LogP contribution in [0.3, 0.4) is 0 Å². The number of nitrogens with two attached hydrogens (primary N) is 1. The van der Waals surface area contributed by atoms with Gasteiger partial charge in [0, 0.05) is 6.92 Å². The fraction of sp³-hybridized carbons (Fsp3) is 0.727. The normalized spacial score (nSPS) is 14.9. The van der Waals surface area contributed by atoms with E-state index in [2.05, 4.69) is 16.0 Å². The number of carbonyl (C=O) groups excluding carboxylic acids is 6. The van der Waals surface area contributed by atoms with Crippen LogP contribution in [0.2, 0.25) is 0 Å². The third-order valence-electron chi connectivity index (χ3n) is 5.08. The predicted molar refractivity (Wildman–Crippen MR) is 123 cm³/mol. The molecule has 0 fully saturated rings. The molecule has 0 radical (unpaired) electrons. The van der Waals surface area contributed by atoms with E-state index in [1.807, 2.05) is 5.32 Å². The first-order valence-corrected chi connectivity index (χ1v) is 11.5. The molecule has 0 aliphatic rings. The Kier molecular flexibility index (Phi) is 13.1. The van der Waals surface area contributed by atoms with Gasteiger partial charge >= 0.3 is 6.18 Å². The Balaban J connectivity index is 5.76. The highest BCUT2D eigenvalue weighted by Crippen LogP contribution is 2.20. The average molecular weight is 524 g/mol. The Labute approximate surface area is 207 Å². The van der Waals surface area contributed by atoms with Crippen LogP contribution >= 0.6 is 0 Å². The Bertz CT molecular complexity index is 831. The smallest absolute Gasteiger partial charge is 0.370 e. The Hall–Kier alpha value is -3.19. The van der Waals surface area contributed by atoms with E-state index in [4.69, 9.17) is 5.73 Å². The quantitative estimate of drug-likeness (QED) is 0.215. The van der Waals surface area contributed by atoms with Crippen molar-refractivity contribution in [2.45, 2.75) is 91.1 Å². The molecule has 6 N–H and O–H groups in total. The SMILES string of the molecule is CCCC(NC(=O)[C@H](CC(N)=O)NC(=O)[C@@H](NC(=O)[C@@H](NC(C)=O)C(C)C)C(C)C)C(=O)C(F)(F)F. The lowest BCUT2D eigenvalue weighted by atomic mass is 9.99. The fourth-order valence-electron chi connectivity index (χ4n) is 3.23. The molecule has 5 amide bonds. The zero-order chi connectivity index (χ0) is 28.4. The minimum atomic E-state index is -5.20. The first kappa shape index (κ1) is 32.8. The number of Topliss-reactive ketones (excluding diaryl/α,β-unsaturated/α-hetero) is 1. The number of rotatable bonds is 14. The topological polar surface area (TPSA) is 177 Å². The Morgan fingerprint density at radius 3 is 1.58 bits per heavy atom. The average Bonchev–Trinajstić information content (AvgIpc) is 2.72. The van der Waals surface area contributed by atoms with Crippen LogP contribution < -0.4 is 27.0 Å². The molecule has 14 heteroatoms. The Morgan fingerprint density at radius 2 is 1.19 bits per heavy atom. The van der Waals surface area contributed by atoms with Crippen molar-refractivity contribution >= 4 is 35.3 Å². The summed E-state index contributed by atoms with van der Waals surface area (Å²) in [5, 5.41) is 9.11. The molecule has 206 valence electrons. The van der Waals surface area contributed by atoms with Gasteiger partial charge in [-0.3, -0.25) is 28.8 Å². The molecular formula is C22H36F3N5O6. The van der Waals surface area contributed by atoms with Gasteiger partial charge < -0.3 is 27.0 Å². The van der Waals surface area contributed by atoms with Gasteiger partial charge in [-0.2, -0.15) is 13.2 Å². The number of alkyl halides is 3. The zero-order valence-electron chi connectivity index (χ0n) is 21.2. The minimum absolute atomic E-state index is 0.131. The van der Waals surface area contributed by atoms with Crippen molar-refractivity contribution in [2.24, 2.45) is 17.6 Å². The first-order chi connectivity index (χ1) is 16.4. The lowest BCUT2D eigenvalue weighted by Gasteiger charge is -2.28. The van der Waals surface area contributed by atoms with Crippen LogP contribution in [0.5, 0.6) is 0 Å². The van der Waals surface area contributed by atoms with E-state index < -0.39 is 78.0 Å². The van der Waals surface area contributed by atoms with Crippen LogP contribution in [0.4, 0.5) is 13.2 Å². The highest BCUT2D eigenvalue weighted by Gasteiger charge is 2.44. The molecule has 0 bridgehead atoms. The molecule has 0 rings (SSSR count). The number of halogens is 3. The number of nitrogens with one attached hydrogen (secondary N) is 4. The standard InChI is InChI=1S/C22H36F3N5O6/c1-7-8-13(18(33)22(23,24)25)28-19(34)14(9-15(26)32)29-20(35)17(11(4)5)30-21(36)16(10(2)3)27-12(6)31/h10-11,13-14,16-17H,7-9H2,1-6H3,(H2,26,32)(H,27,31)(H,28,34)(H,29,35)(H,30,36)/t13?,14-,16-,17-/m0/s1. The van der Waals surface area contributed by atoms with Crippen LogP contribution in [-0.4, -0.2) is 65.7 Å². The number of hydrogen-bond donors (Lipinski definition) is 5. The number of hydrogen-bond acceptors (Lipinski definition) is 6. The van der Waals surface area contributed by atoms with E-state index >= 15 is 0 Å². The van der Waals surface area contributed by atoms with Crippen LogP contribution in [0, 0.1) is 11.8 Å². The van der Waals surface area contributed by atoms with Gasteiger partial charge in [0.25, 0.3) is 5.78 Å². The van der Waals surface area contributed by atoms with Crippen molar-refractivity contribution in [1.29, 1.82) is 0 Å². The number of ketones is 1. The zero-order valence-corrected chi connectivity index (χ0v) is 21.2. The summed E-state index contributed by atoms with van der Waals surface area (Å²) in [5.41, 5.74) is 5.13. The van der Waals surface area contributed by atoms with Crippen molar-refractivity contribution in [3.8, 4) is 0 Å². The molecule has 0 aliphatic heterocycles. The van der Waals surface area contributed by atoms with Crippen LogP contribution in [-0.2, 0) is 28.8 Å². The molecule has 0 aromatic carbocycles. The van der Waals surface area contributed by atoms with Crippen LogP contribution in [0.15, 0.2) is 0 Å². The molecule has 1 unspecified atom stereocenters. The van der Waals surface area contributed by atoms with Gasteiger partial charge in [-0.05, 0) is 18.3 Å². The Morgan fingerprint density at radius 1 is 0.750 bits per heavy atom. The third kappa shape index (κ3) is 11.0. The monoisotopic (exact) mass is 523 g/mol. The second-order valence-corrected chi connectivity index (χ2v) is 9.10.